The maximum absolute atomic E-state index is 9.33. The Morgan fingerprint density at radius 1 is 1.30 bits per heavy atom. The molecule has 20 heavy (non-hydrogen) atoms. The highest BCUT2D eigenvalue weighted by molar-refractivity contribution is 7.12. The number of aliphatic imine (C=N–C) groups is 1. The zero-order valence-corrected chi connectivity index (χ0v) is 11.5. The van der Waals surface area contributed by atoms with Gasteiger partial charge in [-0.25, -0.2) is 0 Å². The van der Waals surface area contributed by atoms with Gasteiger partial charge in [0.1, 0.15) is 12.7 Å². The fourth-order valence-corrected chi connectivity index (χ4v) is 2.80. The van der Waals surface area contributed by atoms with Crippen LogP contribution in [0.4, 0.5) is 11.4 Å². The number of benzene rings is 1. The molecule has 4 nitrogen and oxygen atoms in total. The van der Waals surface area contributed by atoms with E-state index >= 15 is 0 Å². The Morgan fingerprint density at radius 2 is 2.20 bits per heavy atom. The summed E-state index contributed by atoms with van der Waals surface area (Å²) < 4.78 is 0. The van der Waals surface area contributed by atoms with E-state index in [1.165, 1.54) is 0 Å². The molecule has 5 heteroatoms. The zero-order valence-electron chi connectivity index (χ0n) is 10.7. The van der Waals surface area contributed by atoms with Crippen molar-refractivity contribution in [3.8, 4) is 6.07 Å². The van der Waals surface area contributed by atoms with Gasteiger partial charge in [-0.05, 0) is 29.6 Å². The van der Waals surface area contributed by atoms with Crippen LogP contribution in [-0.4, -0.2) is 12.4 Å². The van der Waals surface area contributed by atoms with Gasteiger partial charge in [0.2, 0.25) is 0 Å². The number of hydrogen-bond donors (Lipinski definition) is 1. The maximum Gasteiger partial charge on any atom is 0.115 e. The highest BCUT2D eigenvalue weighted by Gasteiger charge is 2.18. The first-order valence-electron chi connectivity index (χ1n) is 6.11. The summed E-state index contributed by atoms with van der Waals surface area (Å²) in [6.45, 7) is 0.488. The van der Waals surface area contributed by atoms with Gasteiger partial charge in [-0.2, -0.15) is 5.26 Å². The lowest BCUT2D eigenvalue weighted by Crippen LogP contribution is -2.24. The van der Waals surface area contributed by atoms with Crippen molar-refractivity contribution in [3.05, 3.63) is 58.4 Å². The lowest BCUT2D eigenvalue weighted by molar-refractivity contribution is 0.958. The van der Waals surface area contributed by atoms with Crippen LogP contribution in [0.25, 0.3) is 0 Å². The minimum Gasteiger partial charge on any atom is -0.399 e. The quantitative estimate of drug-likeness (QED) is 0.860. The minimum atomic E-state index is 0.488. The molecule has 2 N–H and O–H groups in total. The van der Waals surface area contributed by atoms with E-state index in [9.17, 15) is 5.26 Å². The van der Waals surface area contributed by atoms with Crippen molar-refractivity contribution >= 4 is 28.4 Å². The molecule has 0 aliphatic carbocycles. The molecule has 0 saturated heterocycles. The average Bonchev–Trinajstić information content (AvgIpc) is 3.00. The monoisotopic (exact) mass is 280 g/mol. The fourth-order valence-electron chi connectivity index (χ4n) is 2.06. The number of hydrogen-bond acceptors (Lipinski definition) is 5. The smallest absolute Gasteiger partial charge is 0.115 e. The van der Waals surface area contributed by atoms with Crippen LogP contribution in [0.5, 0.6) is 0 Å². The Kier molecular flexibility index (Phi) is 3.23. The molecule has 1 aromatic heterocycles. The molecule has 0 bridgehead atoms. The normalized spacial score (nSPS) is 14.4. The number of thiophene rings is 1. The second-order valence-corrected chi connectivity index (χ2v) is 5.29. The lowest BCUT2D eigenvalue weighted by atomic mass is 10.1. The summed E-state index contributed by atoms with van der Waals surface area (Å²) in [6, 6.07) is 13.7. The summed E-state index contributed by atoms with van der Waals surface area (Å²) in [5.74, 6) is 0. The molecule has 0 amide bonds. The Bertz CT molecular complexity index is 723. The predicted octanol–water partition coefficient (Wildman–Crippen LogP) is 3.00. The molecule has 2 heterocycles. The minimum absolute atomic E-state index is 0.488. The Morgan fingerprint density at radius 3 is 2.90 bits per heavy atom. The highest BCUT2D eigenvalue weighted by Crippen LogP contribution is 2.24. The Labute approximate surface area is 121 Å². The van der Waals surface area contributed by atoms with Crippen molar-refractivity contribution in [3.63, 3.8) is 0 Å². The number of nitriles is 1. The summed E-state index contributed by atoms with van der Waals surface area (Å²) in [4.78, 5) is 7.47. The molecule has 3 rings (SSSR count). The van der Waals surface area contributed by atoms with Crippen LogP contribution in [0.15, 0.2) is 58.5 Å². The maximum atomic E-state index is 9.33. The SMILES string of the molecule is N#CC1=CN(c2cccc(N)c2)CN=C1c1cccs1. The first kappa shape index (κ1) is 12.5. The summed E-state index contributed by atoms with van der Waals surface area (Å²) in [5, 5.41) is 11.3. The number of nitrogen functional groups attached to an aromatic ring is 1. The van der Waals surface area contributed by atoms with Crippen LogP contribution in [0.3, 0.4) is 0 Å². The van der Waals surface area contributed by atoms with E-state index in [1.54, 1.807) is 11.3 Å². The van der Waals surface area contributed by atoms with Gasteiger partial charge in [-0.15, -0.1) is 11.3 Å². The summed E-state index contributed by atoms with van der Waals surface area (Å²) in [7, 11) is 0. The summed E-state index contributed by atoms with van der Waals surface area (Å²) >= 11 is 1.59. The van der Waals surface area contributed by atoms with Gasteiger partial charge >= 0.3 is 0 Å². The van der Waals surface area contributed by atoms with Crippen LogP contribution in [-0.2, 0) is 0 Å². The molecule has 0 unspecified atom stereocenters. The van der Waals surface area contributed by atoms with Crippen LogP contribution in [0.1, 0.15) is 4.88 Å². The fraction of sp³-hybridized carbons (Fsp3) is 0.0667. The van der Waals surface area contributed by atoms with Crippen molar-refractivity contribution in [2.75, 3.05) is 17.3 Å². The average molecular weight is 280 g/mol. The number of allylic oxidation sites excluding steroid dienone is 1. The molecule has 98 valence electrons. The Hall–Kier alpha value is -2.58. The van der Waals surface area contributed by atoms with E-state index in [0.29, 0.717) is 17.9 Å². The Balaban J connectivity index is 1.94. The third-order valence-electron chi connectivity index (χ3n) is 3.00. The highest BCUT2D eigenvalue weighted by atomic mass is 32.1. The van der Waals surface area contributed by atoms with Crippen LogP contribution in [0, 0.1) is 11.3 Å². The molecule has 0 radical (unpaired) electrons. The first-order chi connectivity index (χ1) is 9.78. The lowest BCUT2D eigenvalue weighted by Gasteiger charge is -2.23. The molecular formula is C15H12N4S. The van der Waals surface area contributed by atoms with Gasteiger partial charge in [0.25, 0.3) is 0 Å². The predicted molar refractivity (Wildman–Crippen MR) is 82.8 cm³/mol. The summed E-state index contributed by atoms with van der Waals surface area (Å²) in [5.41, 5.74) is 8.76. The number of rotatable bonds is 2. The van der Waals surface area contributed by atoms with Crippen LogP contribution < -0.4 is 10.6 Å². The molecule has 1 aromatic carbocycles. The molecule has 1 aliphatic rings. The third kappa shape index (κ3) is 2.29. The van der Waals surface area contributed by atoms with Crippen molar-refractivity contribution in [2.24, 2.45) is 4.99 Å². The summed E-state index contributed by atoms with van der Waals surface area (Å²) in [6.07, 6.45) is 1.83. The first-order valence-corrected chi connectivity index (χ1v) is 6.99. The van der Waals surface area contributed by atoms with E-state index in [-0.39, 0.29) is 0 Å². The third-order valence-corrected chi connectivity index (χ3v) is 3.87. The second-order valence-electron chi connectivity index (χ2n) is 4.34. The standard InChI is InChI=1S/C15H12N4S/c16-8-11-9-19(13-4-1-3-12(17)7-13)10-18-15(11)14-5-2-6-20-14/h1-7,9H,10,17H2. The number of nitrogens with two attached hydrogens (primary N) is 1. The molecule has 0 saturated carbocycles. The van der Waals surface area contributed by atoms with Crippen molar-refractivity contribution in [2.45, 2.75) is 0 Å². The van der Waals surface area contributed by atoms with Gasteiger partial charge < -0.3 is 10.6 Å². The van der Waals surface area contributed by atoms with Gasteiger partial charge in [-0.3, -0.25) is 4.99 Å². The molecular weight excluding hydrogens is 268 g/mol. The van der Waals surface area contributed by atoms with Crippen molar-refractivity contribution in [1.29, 1.82) is 5.26 Å². The van der Waals surface area contributed by atoms with Crippen LogP contribution >= 0.6 is 11.3 Å². The van der Waals surface area contributed by atoms with Gasteiger partial charge in [0, 0.05) is 17.6 Å². The molecule has 0 atom stereocenters. The van der Waals surface area contributed by atoms with Crippen molar-refractivity contribution in [1.82, 2.24) is 0 Å². The molecule has 0 fully saturated rings. The van der Waals surface area contributed by atoms with E-state index in [0.717, 1.165) is 16.3 Å². The zero-order chi connectivity index (χ0) is 13.9. The van der Waals surface area contributed by atoms with Crippen molar-refractivity contribution < 1.29 is 0 Å². The van der Waals surface area contributed by atoms with Gasteiger partial charge in [0.05, 0.1) is 16.2 Å². The van der Waals surface area contributed by atoms with E-state index in [4.69, 9.17) is 5.73 Å². The largest absolute Gasteiger partial charge is 0.399 e. The molecule has 2 aromatic rings. The topological polar surface area (TPSA) is 65.4 Å². The second kappa shape index (κ2) is 5.19. The molecule has 0 spiro atoms. The van der Waals surface area contributed by atoms with Crippen LogP contribution in [0.2, 0.25) is 0 Å². The van der Waals surface area contributed by atoms with E-state index in [2.05, 4.69) is 11.1 Å². The van der Waals surface area contributed by atoms with Gasteiger partial charge in [-0.1, -0.05) is 12.1 Å². The van der Waals surface area contributed by atoms with Gasteiger partial charge in [0.15, 0.2) is 0 Å². The molecule has 1 aliphatic heterocycles. The van der Waals surface area contributed by atoms with E-state index in [1.807, 2.05) is 52.9 Å². The van der Waals surface area contributed by atoms with E-state index < -0.39 is 0 Å². The number of anilines is 2. The number of nitrogens with zero attached hydrogens (tertiary/aromatic N) is 3.